The molecule has 1 N–H and O–H groups in total. The van der Waals surface area contributed by atoms with Crippen molar-refractivity contribution in [1.29, 1.82) is 0 Å². The summed E-state index contributed by atoms with van der Waals surface area (Å²) in [5, 5.41) is 9.92. The summed E-state index contributed by atoms with van der Waals surface area (Å²) >= 11 is 1.24. The second-order valence-corrected chi connectivity index (χ2v) is 5.17. The van der Waals surface area contributed by atoms with Gasteiger partial charge >= 0.3 is 5.97 Å². The minimum Gasteiger partial charge on any atom is -0.477 e. The SMILES string of the molecule is COCc1nc(N2CCCC2C)sc1C(=O)O. The van der Waals surface area contributed by atoms with Crippen LogP contribution in [0.4, 0.5) is 5.13 Å². The van der Waals surface area contributed by atoms with Gasteiger partial charge in [0, 0.05) is 19.7 Å². The van der Waals surface area contributed by atoms with E-state index in [-0.39, 0.29) is 6.61 Å². The Bertz CT molecular complexity index is 419. The molecule has 0 spiro atoms. The highest BCUT2D eigenvalue weighted by molar-refractivity contribution is 7.17. The smallest absolute Gasteiger partial charge is 0.347 e. The van der Waals surface area contributed by atoms with Crippen molar-refractivity contribution < 1.29 is 14.6 Å². The van der Waals surface area contributed by atoms with Crippen molar-refractivity contribution in [3.63, 3.8) is 0 Å². The van der Waals surface area contributed by atoms with Gasteiger partial charge in [-0.1, -0.05) is 11.3 Å². The third kappa shape index (κ3) is 2.42. The second-order valence-electron chi connectivity index (χ2n) is 4.20. The highest BCUT2D eigenvalue weighted by Crippen LogP contribution is 2.31. The lowest BCUT2D eigenvalue weighted by atomic mass is 10.2. The number of methoxy groups -OCH3 is 1. The van der Waals surface area contributed by atoms with Crippen LogP contribution < -0.4 is 4.90 Å². The fourth-order valence-electron chi connectivity index (χ4n) is 2.08. The number of ether oxygens (including phenoxy) is 1. The van der Waals surface area contributed by atoms with E-state index in [9.17, 15) is 4.79 Å². The van der Waals surface area contributed by atoms with Gasteiger partial charge in [0.2, 0.25) is 0 Å². The van der Waals surface area contributed by atoms with Crippen LogP contribution in [0.2, 0.25) is 0 Å². The van der Waals surface area contributed by atoms with Crippen LogP contribution in [0.5, 0.6) is 0 Å². The first-order chi connectivity index (χ1) is 8.13. The number of carboxylic acids is 1. The molecule has 1 aromatic rings. The Balaban J connectivity index is 2.29. The Hall–Kier alpha value is -1.14. The molecular weight excluding hydrogens is 240 g/mol. The van der Waals surface area contributed by atoms with E-state index in [2.05, 4.69) is 16.8 Å². The number of carboxylic acid groups (broad SMARTS) is 1. The molecule has 0 aromatic carbocycles. The largest absolute Gasteiger partial charge is 0.477 e. The minimum absolute atomic E-state index is 0.250. The number of carbonyl (C=O) groups is 1. The zero-order chi connectivity index (χ0) is 12.4. The Morgan fingerprint density at radius 2 is 2.47 bits per heavy atom. The van der Waals surface area contributed by atoms with Crippen molar-refractivity contribution in [1.82, 2.24) is 4.98 Å². The summed E-state index contributed by atoms with van der Waals surface area (Å²) in [6.07, 6.45) is 2.28. The molecule has 94 valence electrons. The van der Waals surface area contributed by atoms with Crippen LogP contribution in [0.1, 0.15) is 35.1 Å². The van der Waals surface area contributed by atoms with Gasteiger partial charge in [-0.15, -0.1) is 0 Å². The topological polar surface area (TPSA) is 62.7 Å². The normalized spacial score (nSPS) is 19.9. The van der Waals surface area contributed by atoms with Crippen molar-refractivity contribution in [2.45, 2.75) is 32.4 Å². The molecule has 1 atom stereocenters. The number of aromatic nitrogens is 1. The highest BCUT2D eigenvalue weighted by atomic mass is 32.1. The molecule has 0 aliphatic carbocycles. The standard InChI is InChI=1S/C11H16N2O3S/c1-7-4-3-5-13(7)11-12-8(6-16-2)9(17-11)10(14)15/h7H,3-6H2,1-2H3,(H,14,15). The van der Waals surface area contributed by atoms with E-state index in [1.165, 1.54) is 11.3 Å². The van der Waals surface area contributed by atoms with Gasteiger partial charge in [0.15, 0.2) is 5.13 Å². The molecule has 1 aliphatic rings. The van der Waals surface area contributed by atoms with Crippen LogP contribution in [0, 0.1) is 0 Å². The maximum Gasteiger partial charge on any atom is 0.347 e. The number of hydrogen-bond acceptors (Lipinski definition) is 5. The first-order valence-corrected chi connectivity index (χ1v) is 6.43. The maximum atomic E-state index is 11.1. The van der Waals surface area contributed by atoms with E-state index in [0.717, 1.165) is 24.5 Å². The number of nitrogens with zero attached hydrogens (tertiary/aromatic N) is 2. The summed E-state index contributed by atoms with van der Waals surface area (Å²) in [6, 6.07) is 0.443. The molecule has 0 bridgehead atoms. The van der Waals surface area contributed by atoms with Gasteiger partial charge in [-0.2, -0.15) is 0 Å². The van der Waals surface area contributed by atoms with Gasteiger partial charge in [0.25, 0.3) is 0 Å². The average Bonchev–Trinajstić information content (AvgIpc) is 2.84. The first-order valence-electron chi connectivity index (χ1n) is 5.62. The van der Waals surface area contributed by atoms with Crippen LogP contribution >= 0.6 is 11.3 Å². The van der Waals surface area contributed by atoms with Crippen molar-refractivity contribution in [2.24, 2.45) is 0 Å². The van der Waals surface area contributed by atoms with E-state index in [1.54, 1.807) is 7.11 Å². The Kier molecular flexibility index (Phi) is 3.63. The number of anilines is 1. The van der Waals surface area contributed by atoms with E-state index in [0.29, 0.717) is 16.6 Å². The number of aromatic carboxylic acids is 1. The fourth-order valence-corrected chi connectivity index (χ4v) is 3.12. The van der Waals surface area contributed by atoms with Crippen molar-refractivity contribution in [2.75, 3.05) is 18.6 Å². The molecule has 1 fully saturated rings. The van der Waals surface area contributed by atoms with Crippen LogP contribution in [0.15, 0.2) is 0 Å². The van der Waals surface area contributed by atoms with Gasteiger partial charge in [0.1, 0.15) is 4.88 Å². The van der Waals surface area contributed by atoms with Crippen LogP contribution in [-0.4, -0.2) is 35.8 Å². The van der Waals surface area contributed by atoms with Crippen LogP contribution in [0.25, 0.3) is 0 Å². The van der Waals surface area contributed by atoms with Gasteiger partial charge in [-0.05, 0) is 19.8 Å². The minimum atomic E-state index is -0.923. The molecule has 1 saturated heterocycles. The molecule has 1 aromatic heterocycles. The first kappa shape index (κ1) is 12.3. The molecule has 6 heteroatoms. The molecule has 5 nitrogen and oxygen atoms in total. The van der Waals surface area contributed by atoms with Crippen molar-refractivity contribution >= 4 is 22.4 Å². The van der Waals surface area contributed by atoms with Crippen molar-refractivity contribution in [3.05, 3.63) is 10.6 Å². The third-order valence-corrected chi connectivity index (χ3v) is 4.08. The molecule has 17 heavy (non-hydrogen) atoms. The highest BCUT2D eigenvalue weighted by Gasteiger charge is 2.26. The van der Waals surface area contributed by atoms with Gasteiger partial charge in [-0.25, -0.2) is 9.78 Å². The summed E-state index contributed by atoms with van der Waals surface area (Å²) in [4.78, 5) is 18.0. The summed E-state index contributed by atoms with van der Waals surface area (Å²) < 4.78 is 4.98. The molecule has 1 unspecified atom stereocenters. The molecule has 0 saturated carbocycles. The zero-order valence-electron chi connectivity index (χ0n) is 9.97. The Morgan fingerprint density at radius 1 is 1.71 bits per heavy atom. The maximum absolute atomic E-state index is 11.1. The Morgan fingerprint density at radius 3 is 3.00 bits per heavy atom. The molecule has 1 aliphatic heterocycles. The third-order valence-electron chi connectivity index (χ3n) is 2.96. The van der Waals surface area contributed by atoms with Gasteiger partial charge < -0.3 is 14.7 Å². The quantitative estimate of drug-likeness (QED) is 0.892. The summed E-state index contributed by atoms with van der Waals surface area (Å²) in [6.45, 7) is 3.35. The summed E-state index contributed by atoms with van der Waals surface area (Å²) in [5.41, 5.74) is 0.527. The van der Waals surface area contributed by atoms with Crippen LogP contribution in [0.3, 0.4) is 0 Å². The number of rotatable bonds is 4. The second kappa shape index (κ2) is 5.01. The predicted octanol–water partition coefficient (Wildman–Crippen LogP) is 1.98. The molecule has 0 amide bonds. The predicted molar refractivity (Wildman–Crippen MR) is 65.8 cm³/mol. The average molecular weight is 256 g/mol. The van der Waals surface area contributed by atoms with Gasteiger partial charge in [0.05, 0.1) is 12.3 Å². The molecule has 2 rings (SSSR count). The Labute approximate surface area is 104 Å². The summed E-state index contributed by atoms with van der Waals surface area (Å²) in [7, 11) is 1.54. The fraction of sp³-hybridized carbons (Fsp3) is 0.636. The number of thiazole rings is 1. The lowest BCUT2D eigenvalue weighted by Crippen LogP contribution is -2.25. The molecule has 0 radical (unpaired) electrons. The van der Waals surface area contributed by atoms with Gasteiger partial charge in [-0.3, -0.25) is 0 Å². The van der Waals surface area contributed by atoms with E-state index in [1.807, 2.05) is 0 Å². The van der Waals surface area contributed by atoms with E-state index in [4.69, 9.17) is 9.84 Å². The summed E-state index contributed by atoms with van der Waals surface area (Å²) in [5.74, 6) is -0.923. The van der Waals surface area contributed by atoms with E-state index >= 15 is 0 Å². The van der Waals surface area contributed by atoms with Crippen molar-refractivity contribution in [3.8, 4) is 0 Å². The number of hydrogen-bond donors (Lipinski definition) is 1. The monoisotopic (exact) mass is 256 g/mol. The molecular formula is C11H16N2O3S. The molecule has 2 heterocycles. The lowest BCUT2D eigenvalue weighted by Gasteiger charge is -2.19. The van der Waals surface area contributed by atoms with E-state index < -0.39 is 5.97 Å². The van der Waals surface area contributed by atoms with Crippen LogP contribution in [-0.2, 0) is 11.3 Å². The zero-order valence-corrected chi connectivity index (χ0v) is 10.8. The lowest BCUT2D eigenvalue weighted by molar-refractivity contribution is 0.0697.